The van der Waals surface area contributed by atoms with E-state index >= 15 is 0 Å². The summed E-state index contributed by atoms with van der Waals surface area (Å²) in [5, 5.41) is 14.3. The maximum atomic E-state index is 13.9. The van der Waals surface area contributed by atoms with Crippen molar-refractivity contribution in [2.75, 3.05) is 0 Å². The van der Waals surface area contributed by atoms with Gasteiger partial charge in [-0.3, -0.25) is 19.5 Å². The van der Waals surface area contributed by atoms with Crippen molar-refractivity contribution in [3.63, 3.8) is 0 Å². The van der Waals surface area contributed by atoms with Gasteiger partial charge in [-0.25, -0.2) is 13.5 Å². The van der Waals surface area contributed by atoms with Crippen LogP contribution in [0.15, 0.2) is 53.3 Å². The molecule has 0 fully saturated rings. The van der Waals surface area contributed by atoms with Crippen LogP contribution in [0.1, 0.15) is 28.5 Å². The van der Waals surface area contributed by atoms with Crippen molar-refractivity contribution in [2.24, 2.45) is 0 Å². The lowest BCUT2D eigenvalue weighted by atomic mass is 10.0. The number of aliphatic carboxylic acids is 1. The SMILES string of the molecule is O=C(O)CC(NC(=O)c1cc(=O)n(-c2ccc(F)cc2F)[nH]1)c1ccccc1Cl. The second kappa shape index (κ2) is 8.27. The van der Waals surface area contributed by atoms with Gasteiger partial charge >= 0.3 is 5.97 Å². The topological polar surface area (TPSA) is 104 Å². The maximum absolute atomic E-state index is 13.9. The number of aromatic nitrogens is 2. The second-order valence-electron chi connectivity index (χ2n) is 6.08. The van der Waals surface area contributed by atoms with Gasteiger partial charge in [0.2, 0.25) is 0 Å². The zero-order valence-corrected chi connectivity index (χ0v) is 15.4. The molecule has 1 heterocycles. The second-order valence-corrected chi connectivity index (χ2v) is 6.49. The van der Waals surface area contributed by atoms with E-state index in [2.05, 4.69) is 10.4 Å². The summed E-state index contributed by atoms with van der Waals surface area (Å²) < 4.78 is 27.8. The molecule has 7 nitrogen and oxygen atoms in total. The van der Waals surface area contributed by atoms with Gasteiger partial charge in [0.05, 0.1) is 12.5 Å². The Hall–Kier alpha value is -3.46. The standard InChI is InChI=1S/C19H14ClF2N3O4/c20-12-4-2-1-3-11(12)14(9-18(27)28)23-19(29)15-8-17(26)25(24-15)16-6-5-10(21)7-13(16)22/h1-8,14,24H,9H2,(H,23,29)(H,27,28). The molecular formula is C19H14ClF2N3O4. The van der Waals surface area contributed by atoms with Crippen LogP contribution in [-0.2, 0) is 4.79 Å². The van der Waals surface area contributed by atoms with E-state index in [4.69, 9.17) is 16.7 Å². The van der Waals surface area contributed by atoms with Crippen molar-refractivity contribution in [3.8, 4) is 5.69 Å². The Morgan fingerprint density at radius 3 is 2.55 bits per heavy atom. The number of nitrogens with zero attached hydrogens (tertiary/aromatic N) is 1. The Morgan fingerprint density at radius 1 is 1.17 bits per heavy atom. The largest absolute Gasteiger partial charge is 0.481 e. The summed E-state index contributed by atoms with van der Waals surface area (Å²) in [6, 6.07) is 8.96. The average Bonchev–Trinajstić information content (AvgIpc) is 3.03. The Bertz CT molecular complexity index is 1140. The molecule has 0 saturated heterocycles. The number of aromatic amines is 1. The van der Waals surface area contributed by atoms with Crippen molar-refractivity contribution in [3.05, 3.63) is 86.8 Å². The van der Waals surface area contributed by atoms with Crippen LogP contribution in [-0.4, -0.2) is 26.8 Å². The first-order chi connectivity index (χ1) is 13.8. The third-order valence-electron chi connectivity index (χ3n) is 4.08. The fourth-order valence-electron chi connectivity index (χ4n) is 2.76. The molecule has 0 aliphatic carbocycles. The van der Waals surface area contributed by atoms with Crippen LogP contribution in [0.4, 0.5) is 8.78 Å². The van der Waals surface area contributed by atoms with E-state index in [0.29, 0.717) is 11.6 Å². The van der Waals surface area contributed by atoms with Crippen molar-refractivity contribution in [1.29, 1.82) is 0 Å². The smallest absolute Gasteiger partial charge is 0.305 e. The Morgan fingerprint density at radius 2 is 1.90 bits per heavy atom. The molecule has 1 atom stereocenters. The fraction of sp³-hybridized carbons (Fsp3) is 0.105. The number of benzene rings is 2. The molecule has 0 saturated carbocycles. The number of halogens is 3. The number of amides is 1. The lowest BCUT2D eigenvalue weighted by Gasteiger charge is -2.18. The number of hydrogen-bond donors (Lipinski definition) is 3. The maximum Gasteiger partial charge on any atom is 0.305 e. The number of carboxylic acid groups (broad SMARTS) is 1. The molecule has 0 aliphatic rings. The highest BCUT2D eigenvalue weighted by atomic mass is 35.5. The molecule has 1 amide bonds. The average molecular weight is 422 g/mol. The molecular weight excluding hydrogens is 408 g/mol. The van der Waals surface area contributed by atoms with Gasteiger partial charge in [-0.15, -0.1) is 0 Å². The van der Waals surface area contributed by atoms with Crippen molar-refractivity contribution in [2.45, 2.75) is 12.5 Å². The molecule has 2 aromatic carbocycles. The molecule has 150 valence electrons. The Balaban J connectivity index is 1.90. The zero-order valence-electron chi connectivity index (χ0n) is 14.7. The van der Waals surface area contributed by atoms with E-state index in [1.807, 2.05) is 0 Å². The number of carbonyl (C=O) groups excluding carboxylic acids is 1. The quantitative estimate of drug-likeness (QED) is 0.569. The summed E-state index contributed by atoms with van der Waals surface area (Å²) in [5.74, 6) is -3.79. The highest BCUT2D eigenvalue weighted by Crippen LogP contribution is 2.25. The molecule has 1 aromatic heterocycles. The molecule has 3 rings (SSSR count). The van der Waals surface area contributed by atoms with E-state index < -0.39 is 41.5 Å². The third-order valence-corrected chi connectivity index (χ3v) is 4.42. The van der Waals surface area contributed by atoms with Crippen LogP contribution in [0.5, 0.6) is 0 Å². The lowest BCUT2D eigenvalue weighted by molar-refractivity contribution is -0.137. The highest BCUT2D eigenvalue weighted by Gasteiger charge is 2.23. The van der Waals surface area contributed by atoms with Crippen LogP contribution in [0.2, 0.25) is 5.02 Å². The van der Waals surface area contributed by atoms with Gasteiger partial charge in [0.15, 0.2) is 5.82 Å². The molecule has 29 heavy (non-hydrogen) atoms. The van der Waals surface area contributed by atoms with E-state index in [1.54, 1.807) is 24.3 Å². The van der Waals surface area contributed by atoms with Gasteiger partial charge in [0.25, 0.3) is 11.5 Å². The molecule has 3 N–H and O–H groups in total. The number of nitrogens with one attached hydrogen (secondary N) is 2. The van der Waals surface area contributed by atoms with E-state index in [0.717, 1.165) is 22.9 Å². The van der Waals surface area contributed by atoms with E-state index in [1.165, 1.54) is 0 Å². The first-order valence-electron chi connectivity index (χ1n) is 8.31. The zero-order chi connectivity index (χ0) is 21.1. The van der Waals surface area contributed by atoms with Crippen LogP contribution in [0, 0.1) is 11.6 Å². The summed E-state index contributed by atoms with van der Waals surface area (Å²) in [4.78, 5) is 35.9. The van der Waals surface area contributed by atoms with Gasteiger partial charge in [0, 0.05) is 17.2 Å². The van der Waals surface area contributed by atoms with Crippen LogP contribution < -0.4 is 10.9 Å². The van der Waals surface area contributed by atoms with E-state index in [9.17, 15) is 23.2 Å². The number of H-pyrrole nitrogens is 1. The molecule has 0 radical (unpaired) electrons. The third kappa shape index (κ3) is 4.52. The Kier molecular flexibility index (Phi) is 5.79. The van der Waals surface area contributed by atoms with Gasteiger partial charge in [-0.05, 0) is 23.8 Å². The van der Waals surface area contributed by atoms with Crippen molar-refractivity contribution >= 4 is 23.5 Å². The van der Waals surface area contributed by atoms with Gasteiger partial charge in [-0.2, -0.15) is 0 Å². The Labute approximate surface area is 167 Å². The van der Waals surface area contributed by atoms with Crippen LogP contribution in [0.25, 0.3) is 5.69 Å². The predicted molar refractivity (Wildman–Crippen MR) is 100 cm³/mol. The molecule has 0 aliphatic heterocycles. The first-order valence-corrected chi connectivity index (χ1v) is 8.68. The van der Waals surface area contributed by atoms with Gasteiger partial charge < -0.3 is 10.4 Å². The predicted octanol–water partition coefficient (Wildman–Crippen LogP) is 3.04. The minimum atomic E-state index is -1.17. The highest BCUT2D eigenvalue weighted by molar-refractivity contribution is 6.31. The monoisotopic (exact) mass is 421 g/mol. The molecule has 10 heteroatoms. The summed E-state index contributed by atoms with van der Waals surface area (Å²) >= 11 is 6.09. The number of hydrogen-bond acceptors (Lipinski definition) is 3. The number of rotatable bonds is 6. The summed E-state index contributed by atoms with van der Waals surface area (Å²) in [5.41, 5.74) is -0.880. The minimum Gasteiger partial charge on any atom is -0.481 e. The minimum absolute atomic E-state index is 0.235. The van der Waals surface area contributed by atoms with E-state index in [-0.39, 0.29) is 16.4 Å². The normalized spacial score (nSPS) is 11.8. The molecule has 3 aromatic rings. The first kappa shape index (κ1) is 20.3. The van der Waals surface area contributed by atoms with Gasteiger partial charge in [0.1, 0.15) is 17.2 Å². The van der Waals surface area contributed by atoms with Gasteiger partial charge in [-0.1, -0.05) is 29.8 Å². The summed E-state index contributed by atoms with van der Waals surface area (Å²) in [6.45, 7) is 0. The molecule has 1 unspecified atom stereocenters. The summed E-state index contributed by atoms with van der Waals surface area (Å²) in [6.07, 6.45) is -0.451. The summed E-state index contributed by atoms with van der Waals surface area (Å²) in [7, 11) is 0. The fourth-order valence-corrected chi connectivity index (χ4v) is 3.03. The van der Waals surface area contributed by atoms with Crippen LogP contribution in [0.3, 0.4) is 0 Å². The van der Waals surface area contributed by atoms with Crippen LogP contribution >= 0.6 is 11.6 Å². The molecule has 0 spiro atoms. The van der Waals surface area contributed by atoms with Crippen molar-refractivity contribution in [1.82, 2.24) is 15.1 Å². The lowest BCUT2D eigenvalue weighted by Crippen LogP contribution is -2.30. The van der Waals surface area contributed by atoms with Crippen molar-refractivity contribution < 1.29 is 23.5 Å². The molecule has 0 bridgehead atoms. The number of carbonyl (C=O) groups is 2. The number of carboxylic acids is 1.